The van der Waals surface area contributed by atoms with Crippen molar-refractivity contribution in [1.82, 2.24) is 19.7 Å². The Balaban J connectivity index is 1.43. The molecule has 1 aromatic heterocycles. The average Bonchev–Trinajstić information content (AvgIpc) is 3.41. The van der Waals surface area contributed by atoms with Gasteiger partial charge in [-0.3, -0.25) is 9.69 Å². The fourth-order valence-electron chi connectivity index (χ4n) is 4.83. The number of nitrogens with one attached hydrogen (secondary N) is 1. The normalized spacial score (nSPS) is 17.5. The summed E-state index contributed by atoms with van der Waals surface area (Å²) >= 11 is 0. The maximum atomic E-state index is 14.8. The maximum absolute atomic E-state index is 14.8. The zero-order chi connectivity index (χ0) is 21.9. The summed E-state index contributed by atoms with van der Waals surface area (Å²) in [4.78, 5) is 15.6. The van der Waals surface area contributed by atoms with E-state index in [1.807, 2.05) is 34.9 Å². The number of hydrogen-bond donors (Lipinski definition) is 1. The lowest BCUT2D eigenvalue weighted by atomic mass is 10.0. The Kier molecular flexibility index (Phi) is 5.99. The van der Waals surface area contributed by atoms with Crippen molar-refractivity contribution in [2.45, 2.75) is 51.1 Å². The Morgan fingerprint density at radius 3 is 2.53 bits per heavy atom. The summed E-state index contributed by atoms with van der Waals surface area (Å²) in [7, 11) is 0. The van der Waals surface area contributed by atoms with Gasteiger partial charge in [-0.25, -0.2) is 4.39 Å². The summed E-state index contributed by atoms with van der Waals surface area (Å²) in [5, 5.41) is 11.6. The molecule has 1 saturated heterocycles. The first kappa shape index (κ1) is 20.8. The molecular formula is C25H28FN5O. The van der Waals surface area contributed by atoms with Crippen molar-refractivity contribution in [2.24, 2.45) is 0 Å². The molecule has 6 nitrogen and oxygen atoms in total. The number of halogens is 1. The van der Waals surface area contributed by atoms with Crippen LogP contribution in [0, 0.1) is 5.82 Å². The minimum Gasteiger partial charge on any atom is -0.324 e. The third-order valence-electron chi connectivity index (χ3n) is 6.45. The van der Waals surface area contributed by atoms with Gasteiger partial charge in [0.1, 0.15) is 17.7 Å². The van der Waals surface area contributed by atoms with Crippen LogP contribution in [0.15, 0.2) is 48.5 Å². The molecule has 2 aromatic carbocycles. The van der Waals surface area contributed by atoms with Gasteiger partial charge in [-0.15, -0.1) is 10.2 Å². The van der Waals surface area contributed by atoms with Crippen LogP contribution >= 0.6 is 0 Å². The van der Waals surface area contributed by atoms with E-state index in [4.69, 9.17) is 0 Å². The number of aromatic nitrogens is 3. The van der Waals surface area contributed by atoms with E-state index in [0.717, 1.165) is 69.5 Å². The number of aryl methyl sites for hydroxylation is 1. The van der Waals surface area contributed by atoms with Crippen molar-refractivity contribution in [3.63, 3.8) is 0 Å². The molecule has 0 saturated carbocycles. The summed E-state index contributed by atoms with van der Waals surface area (Å²) in [6.07, 6.45) is 6.29. The van der Waals surface area contributed by atoms with Gasteiger partial charge in [0.05, 0.1) is 5.56 Å². The first-order valence-electron chi connectivity index (χ1n) is 11.5. The van der Waals surface area contributed by atoms with Crippen LogP contribution in [0.4, 0.5) is 10.1 Å². The van der Waals surface area contributed by atoms with Crippen molar-refractivity contribution >= 4 is 11.6 Å². The number of nitrogens with zero attached hydrogens (tertiary/aromatic N) is 4. The molecular weight excluding hydrogens is 405 g/mol. The van der Waals surface area contributed by atoms with Crippen molar-refractivity contribution in [2.75, 3.05) is 18.4 Å². The molecule has 1 atom stereocenters. The second-order valence-corrected chi connectivity index (χ2v) is 8.64. The average molecular weight is 434 g/mol. The highest BCUT2D eigenvalue weighted by molar-refractivity contribution is 5.96. The summed E-state index contributed by atoms with van der Waals surface area (Å²) in [6, 6.07) is 14.2. The molecule has 0 aliphatic carbocycles. The zero-order valence-electron chi connectivity index (χ0n) is 18.1. The van der Waals surface area contributed by atoms with Gasteiger partial charge in [0.2, 0.25) is 5.91 Å². The monoisotopic (exact) mass is 433 g/mol. The Hall–Kier alpha value is -3.06. The maximum Gasteiger partial charge on any atom is 0.246 e. The minimum atomic E-state index is -0.364. The number of carbonyl (C=O) groups is 1. The van der Waals surface area contributed by atoms with Crippen LogP contribution in [0.2, 0.25) is 0 Å². The lowest BCUT2D eigenvalue weighted by molar-refractivity contribution is -0.121. The third kappa shape index (κ3) is 4.17. The van der Waals surface area contributed by atoms with Gasteiger partial charge < -0.3 is 9.88 Å². The van der Waals surface area contributed by atoms with Crippen LogP contribution in [0.5, 0.6) is 0 Å². The summed E-state index contributed by atoms with van der Waals surface area (Å²) in [6.45, 7) is 2.58. The van der Waals surface area contributed by atoms with Gasteiger partial charge in [-0.1, -0.05) is 36.8 Å². The molecule has 2 aliphatic heterocycles. The molecule has 32 heavy (non-hydrogen) atoms. The molecule has 0 radical (unpaired) electrons. The number of rotatable bonds is 5. The molecule has 166 valence electrons. The van der Waals surface area contributed by atoms with E-state index in [1.54, 1.807) is 12.1 Å². The van der Waals surface area contributed by atoms with Gasteiger partial charge >= 0.3 is 0 Å². The fraction of sp³-hybridized carbons (Fsp3) is 0.400. The second-order valence-electron chi connectivity index (χ2n) is 8.64. The van der Waals surface area contributed by atoms with Crippen molar-refractivity contribution < 1.29 is 9.18 Å². The number of amides is 1. The number of likely N-dealkylation sites (tertiary alicyclic amines) is 1. The Morgan fingerprint density at radius 1 is 0.938 bits per heavy atom. The predicted octanol–water partition coefficient (Wildman–Crippen LogP) is 4.59. The third-order valence-corrected chi connectivity index (χ3v) is 6.45. The Morgan fingerprint density at radius 2 is 1.72 bits per heavy atom. The lowest BCUT2D eigenvalue weighted by Crippen LogP contribution is -2.35. The van der Waals surface area contributed by atoms with E-state index < -0.39 is 0 Å². The molecule has 2 aliphatic rings. The number of hydrogen-bond acceptors (Lipinski definition) is 4. The largest absolute Gasteiger partial charge is 0.324 e. The fourth-order valence-corrected chi connectivity index (χ4v) is 4.83. The molecule has 1 amide bonds. The van der Waals surface area contributed by atoms with Crippen LogP contribution in [-0.4, -0.2) is 38.7 Å². The highest BCUT2D eigenvalue weighted by Crippen LogP contribution is 2.30. The summed E-state index contributed by atoms with van der Waals surface area (Å²) < 4.78 is 16.8. The van der Waals surface area contributed by atoms with Crippen LogP contribution in [0.1, 0.15) is 49.5 Å². The molecule has 7 heteroatoms. The Labute approximate surface area is 187 Å². The van der Waals surface area contributed by atoms with Crippen LogP contribution < -0.4 is 5.32 Å². The Bertz CT molecular complexity index is 1090. The van der Waals surface area contributed by atoms with Crippen LogP contribution in [-0.2, 0) is 17.8 Å². The van der Waals surface area contributed by atoms with Crippen molar-refractivity contribution in [3.8, 4) is 11.4 Å². The number of carbonyl (C=O) groups excluding carboxylic acids is 1. The topological polar surface area (TPSA) is 63.1 Å². The predicted molar refractivity (Wildman–Crippen MR) is 122 cm³/mol. The van der Waals surface area contributed by atoms with E-state index in [1.165, 1.54) is 6.07 Å². The van der Waals surface area contributed by atoms with Crippen molar-refractivity contribution in [3.05, 3.63) is 65.7 Å². The van der Waals surface area contributed by atoms with E-state index in [0.29, 0.717) is 17.1 Å². The second kappa shape index (κ2) is 9.20. The van der Waals surface area contributed by atoms with Gasteiger partial charge in [0, 0.05) is 18.7 Å². The van der Waals surface area contributed by atoms with Crippen LogP contribution in [0.3, 0.4) is 0 Å². The number of benzene rings is 2. The van der Waals surface area contributed by atoms with Gasteiger partial charge in [-0.2, -0.15) is 0 Å². The molecule has 1 fully saturated rings. The summed E-state index contributed by atoms with van der Waals surface area (Å²) in [5.41, 5.74) is 1.91. The molecule has 1 N–H and O–H groups in total. The van der Waals surface area contributed by atoms with E-state index >= 15 is 0 Å². The van der Waals surface area contributed by atoms with Gasteiger partial charge in [-0.05, 0) is 62.5 Å². The molecule has 0 bridgehead atoms. The van der Waals surface area contributed by atoms with Gasteiger partial charge in [0.15, 0.2) is 5.82 Å². The molecule has 3 aromatic rings. The number of fused-ring (bicyclic) bond motifs is 1. The smallest absolute Gasteiger partial charge is 0.246 e. The first-order chi connectivity index (χ1) is 15.7. The number of anilines is 1. The van der Waals surface area contributed by atoms with E-state index in [2.05, 4.69) is 20.4 Å². The highest BCUT2D eigenvalue weighted by atomic mass is 19.1. The molecule has 3 heterocycles. The first-order valence-corrected chi connectivity index (χ1v) is 11.5. The van der Waals surface area contributed by atoms with Crippen LogP contribution in [0.25, 0.3) is 11.4 Å². The molecule has 5 rings (SSSR count). The van der Waals surface area contributed by atoms with Gasteiger partial charge in [0.25, 0.3) is 0 Å². The molecule has 1 unspecified atom stereocenters. The van der Waals surface area contributed by atoms with E-state index in [-0.39, 0.29) is 17.8 Å². The zero-order valence-corrected chi connectivity index (χ0v) is 18.1. The highest BCUT2D eigenvalue weighted by Gasteiger charge is 2.30. The van der Waals surface area contributed by atoms with Crippen molar-refractivity contribution in [1.29, 1.82) is 0 Å². The summed E-state index contributed by atoms with van der Waals surface area (Å²) in [5.74, 6) is 0.983. The standard InChI is InChI=1S/C25H28FN5O/c26-21-13-12-19(17-20(21)24-29-28-22-11-5-2-6-16-31(22)24)27-25(32)23(30-14-7-8-15-30)18-9-3-1-4-10-18/h1,3-4,9-10,12-13,17,23H,2,5-8,11,14-16H2,(H,27,32). The molecule has 0 spiro atoms. The quantitative estimate of drug-likeness (QED) is 0.639. The van der Waals surface area contributed by atoms with E-state index in [9.17, 15) is 9.18 Å². The minimum absolute atomic E-state index is 0.101. The lowest BCUT2D eigenvalue weighted by Gasteiger charge is -2.27. The SMILES string of the molecule is O=C(Nc1ccc(F)c(-c2nnc3n2CCCCC3)c1)C(c1ccccc1)N1CCCC1.